The quantitative estimate of drug-likeness (QED) is 0.0423. The maximum Gasteiger partial charge on any atom is 0.307 e. The van der Waals surface area contributed by atoms with Gasteiger partial charge in [-0.3, -0.25) is 33.3 Å². The number of thiophene rings is 1. The number of nitrogens with zero attached hydrogens (tertiary/aromatic N) is 1. The normalized spacial score (nSPS) is 14.9. The number of likely N-dealkylation sites (tertiary alicyclic amines) is 1. The van der Waals surface area contributed by atoms with Crippen molar-refractivity contribution in [3.05, 3.63) is 148 Å². The Kier molecular flexibility index (Phi) is 17.2. The Hall–Kier alpha value is -7.15. The number of benzene rings is 5. The van der Waals surface area contributed by atoms with Crippen LogP contribution in [-0.4, -0.2) is 95.8 Å². The van der Waals surface area contributed by atoms with E-state index in [4.69, 9.17) is 4.74 Å². The minimum atomic E-state index is -4.31. The summed E-state index contributed by atoms with van der Waals surface area (Å²) in [5, 5.41) is 25.2. The van der Waals surface area contributed by atoms with Crippen molar-refractivity contribution in [2.24, 2.45) is 0 Å². The first-order valence-electron chi connectivity index (χ1n) is 23.5. The zero-order valence-electron chi connectivity index (χ0n) is 39.4. The van der Waals surface area contributed by atoms with Gasteiger partial charge in [0.15, 0.2) is 0 Å². The molecule has 6 N–H and O–H groups in total. The van der Waals surface area contributed by atoms with E-state index in [0.29, 0.717) is 52.7 Å². The second-order valence-electron chi connectivity index (χ2n) is 17.5. The van der Waals surface area contributed by atoms with Gasteiger partial charge in [0.25, 0.3) is 16.0 Å². The number of nitrogens with one attached hydrogen (secondary N) is 4. The molecule has 6 aromatic rings. The summed E-state index contributed by atoms with van der Waals surface area (Å²) >= 11 is 1.52. The van der Waals surface area contributed by atoms with Crippen LogP contribution in [0.4, 0.5) is 0 Å². The molecule has 0 saturated carbocycles. The fraction of sp³-hybridized carbons (Fsp3) is 0.321. The molecule has 5 aromatic carbocycles. The molecule has 7 rings (SSSR count). The third kappa shape index (κ3) is 13.6. The second-order valence-corrected chi connectivity index (χ2v) is 19.9. The number of carboxylic acid groups (broad SMARTS) is 1. The van der Waals surface area contributed by atoms with Crippen LogP contribution in [0.2, 0.25) is 0 Å². The number of ether oxygens (including phenoxy) is 1. The Labute approximate surface area is 415 Å². The molecule has 0 radical (unpaired) electrons. The molecular formula is C53H57N5O11S2. The van der Waals surface area contributed by atoms with Crippen LogP contribution in [-0.2, 0) is 65.7 Å². The first kappa shape index (κ1) is 51.7. The van der Waals surface area contributed by atoms with Crippen LogP contribution in [0, 0.1) is 0 Å². The van der Waals surface area contributed by atoms with Gasteiger partial charge < -0.3 is 36.0 Å². The number of fused-ring (bicyclic) bond motifs is 2. The van der Waals surface area contributed by atoms with E-state index >= 15 is 0 Å². The molecule has 18 heteroatoms. The number of rotatable bonds is 22. The zero-order valence-corrected chi connectivity index (χ0v) is 41.0. The fourth-order valence-corrected chi connectivity index (χ4v) is 10.6. The maximum absolute atomic E-state index is 14.6. The van der Waals surface area contributed by atoms with Crippen LogP contribution >= 0.6 is 11.3 Å². The molecular weight excluding hydrogens is 947 g/mol. The van der Waals surface area contributed by atoms with Gasteiger partial charge >= 0.3 is 5.97 Å². The number of carboxylic acids is 1. The SMILES string of the molecule is CCC[C@H](NC(=O)[C@H](Cc1ccc(CS(=O)(=O)O)cc1)NC(=O)c1c(OCC)ccc2ccccc12)C(=O)N1CCC[C@H]1C(=O)N[C@@H](Cc1csc2ccccc12)C(=O)NCc1cccc(CC(=O)O)c1. The minimum Gasteiger partial charge on any atom is -0.493 e. The lowest BCUT2D eigenvalue weighted by atomic mass is 10.00. The van der Waals surface area contributed by atoms with E-state index in [0.717, 1.165) is 21.0 Å². The smallest absolute Gasteiger partial charge is 0.307 e. The number of hydrogen-bond acceptors (Lipinski definition) is 10. The third-order valence-electron chi connectivity index (χ3n) is 12.3. The Morgan fingerprint density at radius 2 is 1.46 bits per heavy atom. The number of aliphatic carboxylic acids is 1. The molecule has 0 spiro atoms. The maximum atomic E-state index is 14.6. The van der Waals surface area contributed by atoms with Crippen LogP contribution in [0.5, 0.6) is 5.75 Å². The van der Waals surface area contributed by atoms with Gasteiger partial charge in [-0.05, 0) is 87.7 Å². The summed E-state index contributed by atoms with van der Waals surface area (Å²) in [4.78, 5) is 84.8. The van der Waals surface area contributed by atoms with Crippen LogP contribution in [0.25, 0.3) is 20.9 Å². The van der Waals surface area contributed by atoms with Crippen molar-refractivity contribution >= 4 is 77.8 Å². The average Bonchev–Trinajstić information content (AvgIpc) is 4.00. The summed E-state index contributed by atoms with van der Waals surface area (Å²) in [6.45, 7) is 4.19. The van der Waals surface area contributed by atoms with Crippen molar-refractivity contribution in [1.82, 2.24) is 26.2 Å². The lowest BCUT2D eigenvalue weighted by molar-refractivity contribution is -0.142. The second kappa shape index (κ2) is 23.6. The Morgan fingerprint density at radius 3 is 2.20 bits per heavy atom. The van der Waals surface area contributed by atoms with Crippen molar-refractivity contribution in [2.75, 3.05) is 13.2 Å². The molecule has 1 saturated heterocycles. The molecule has 0 aliphatic carbocycles. The van der Waals surface area contributed by atoms with Crippen molar-refractivity contribution in [3.8, 4) is 5.75 Å². The summed E-state index contributed by atoms with van der Waals surface area (Å²) < 4.78 is 39.4. The highest BCUT2D eigenvalue weighted by atomic mass is 32.2. The molecule has 4 atom stereocenters. The van der Waals surface area contributed by atoms with Crippen molar-refractivity contribution in [2.45, 2.75) is 95.3 Å². The van der Waals surface area contributed by atoms with E-state index in [9.17, 15) is 46.8 Å². The molecule has 0 unspecified atom stereocenters. The fourth-order valence-electron chi connectivity index (χ4n) is 8.97. The van der Waals surface area contributed by atoms with E-state index in [-0.39, 0.29) is 50.9 Å². The Morgan fingerprint density at radius 1 is 0.761 bits per heavy atom. The molecule has 1 aliphatic rings. The van der Waals surface area contributed by atoms with Gasteiger partial charge in [-0.1, -0.05) is 110 Å². The summed E-state index contributed by atoms with van der Waals surface area (Å²) in [5.41, 5.74) is 3.17. The van der Waals surface area contributed by atoms with E-state index in [1.165, 1.54) is 28.4 Å². The van der Waals surface area contributed by atoms with E-state index in [1.54, 1.807) is 61.5 Å². The largest absolute Gasteiger partial charge is 0.493 e. The van der Waals surface area contributed by atoms with Gasteiger partial charge in [-0.15, -0.1) is 11.3 Å². The molecule has 16 nitrogen and oxygen atoms in total. The van der Waals surface area contributed by atoms with E-state index < -0.39 is 75.5 Å². The van der Waals surface area contributed by atoms with Gasteiger partial charge in [-0.25, -0.2) is 0 Å². The van der Waals surface area contributed by atoms with Crippen LogP contribution < -0.4 is 26.0 Å². The van der Waals surface area contributed by atoms with Crippen molar-refractivity contribution in [3.63, 3.8) is 0 Å². The Bertz CT molecular complexity index is 3030. The minimum absolute atomic E-state index is 0.0725. The lowest BCUT2D eigenvalue weighted by Gasteiger charge is -2.30. The first-order chi connectivity index (χ1) is 34.1. The lowest BCUT2D eigenvalue weighted by Crippen LogP contribution is -2.58. The highest BCUT2D eigenvalue weighted by Gasteiger charge is 2.39. The number of carbonyl (C=O) groups is 6. The van der Waals surface area contributed by atoms with Gasteiger partial charge in [0.05, 0.1) is 18.6 Å². The van der Waals surface area contributed by atoms with Crippen molar-refractivity contribution in [1.29, 1.82) is 0 Å². The van der Waals surface area contributed by atoms with E-state index in [1.807, 2.05) is 54.8 Å². The molecule has 1 aromatic heterocycles. The van der Waals surface area contributed by atoms with Gasteiger partial charge in [0, 0.05) is 30.6 Å². The molecule has 1 fully saturated rings. The molecule has 71 heavy (non-hydrogen) atoms. The highest BCUT2D eigenvalue weighted by Crippen LogP contribution is 2.30. The molecule has 0 bridgehead atoms. The van der Waals surface area contributed by atoms with Crippen LogP contribution in [0.3, 0.4) is 0 Å². The highest BCUT2D eigenvalue weighted by molar-refractivity contribution is 7.85. The van der Waals surface area contributed by atoms with Crippen molar-refractivity contribution < 1.29 is 51.6 Å². The monoisotopic (exact) mass is 1000 g/mol. The summed E-state index contributed by atoms with van der Waals surface area (Å²) in [5.74, 6) is -4.09. The standard InChI is InChI=1S/C53H57N5O11S2/c1-3-11-41(55-50(62)42(27-33-19-21-34(22-20-33)32-71(66,67)68)57-52(64)48-40-16-6-5-14-37(40)23-24-45(48)69-4-2)53(65)58-25-10-17-44(58)51(63)56-43(29-38-31-70-46-18-8-7-15-39(38)46)49(61)54-30-36-13-9-12-35(26-36)28-47(59)60/h5-9,12-16,18-24,26,31,41-44H,3-4,10-11,17,25,27-30,32H2,1-2H3,(H,54,61)(H,55,62)(H,56,63)(H,57,64)(H,59,60)(H,66,67,68)/t41-,42-,43-,44-/m0/s1. The van der Waals surface area contributed by atoms with E-state index in [2.05, 4.69) is 21.3 Å². The van der Waals surface area contributed by atoms with Crippen LogP contribution in [0.15, 0.2) is 115 Å². The predicted molar refractivity (Wildman–Crippen MR) is 270 cm³/mol. The van der Waals surface area contributed by atoms with Crippen LogP contribution in [0.1, 0.15) is 77.7 Å². The van der Waals surface area contributed by atoms with Gasteiger partial charge in [0.1, 0.15) is 35.7 Å². The summed E-state index contributed by atoms with van der Waals surface area (Å²) in [7, 11) is -4.31. The average molecular weight is 1000 g/mol. The zero-order chi connectivity index (χ0) is 50.7. The van der Waals surface area contributed by atoms with Gasteiger partial charge in [0.2, 0.25) is 23.6 Å². The molecule has 5 amide bonds. The topological polar surface area (TPSA) is 238 Å². The molecule has 2 heterocycles. The number of amides is 5. The van der Waals surface area contributed by atoms with Gasteiger partial charge in [-0.2, -0.15) is 8.42 Å². The summed E-state index contributed by atoms with van der Waals surface area (Å²) in [6.07, 6.45) is 1.35. The number of carbonyl (C=O) groups excluding carboxylic acids is 5. The Balaban J connectivity index is 1.11. The third-order valence-corrected chi connectivity index (χ3v) is 14.0. The number of hydrogen-bond donors (Lipinski definition) is 6. The molecule has 372 valence electrons. The molecule has 1 aliphatic heterocycles. The first-order valence-corrected chi connectivity index (χ1v) is 26.0. The summed E-state index contributed by atoms with van der Waals surface area (Å²) in [6, 6.07) is 27.2. The predicted octanol–water partition coefficient (Wildman–Crippen LogP) is 6.13.